The van der Waals surface area contributed by atoms with Crippen LogP contribution in [0.3, 0.4) is 0 Å². The molecule has 0 saturated heterocycles. The third-order valence-electron chi connectivity index (χ3n) is 12.3. The van der Waals surface area contributed by atoms with Crippen LogP contribution in [0.15, 0.2) is 0 Å². The maximum Gasteiger partial charge on any atom is 0.303 e. The molecule has 1 N–H and O–H groups in total. The topological polar surface area (TPSA) is 40.5 Å². The largest absolute Gasteiger partial charge is 0.481 e. The van der Waals surface area contributed by atoms with Gasteiger partial charge in [0.2, 0.25) is 0 Å². The minimum absolute atomic E-state index is 0.345. The number of carbonyl (C=O) groups is 1. The average molecular weight is 792 g/mol. The third-order valence-corrected chi connectivity index (χ3v) is 12.3. The molecule has 0 spiro atoms. The van der Waals surface area contributed by atoms with E-state index in [1.165, 1.54) is 289 Å². The van der Waals surface area contributed by atoms with Gasteiger partial charge in [0.15, 0.2) is 0 Å². The smallest absolute Gasteiger partial charge is 0.303 e. The van der Waals surface area contributed by atoms with Crippen molar-refractivity contribution in [2.24, 2.45) is 0 Å². The number of nitrogens with zero attached hydrogens (tertiary/aromatic N) is 1. The highest BCUT2D eigenvalue weighted by molar-refractivity contribution is 5.66. The molecular formula is C53H109NO2. The first-order valence-electron chi connectivity index (χ1n) is 26.5. The van der Waals surface area contributed by atoms with Crippen molar-refractivity contribution in [2.45, 2.75) is 316 Å². The molecule has 3 nitrogen and oxygen atoms in total. The quantitative estimate of drug-likeness (QED) is 0.0624. The van der Waals surface area contributed by atoms with E-state index < -0.39 is 5.97 Å². The molecule has 3 heteroatoms. The van der Waals surface area contributed by atoms with Crippen LogP contribution in [0.25, 0.3) is 0 Å². The van der Waals surface area contributed by atoms with Gasteiger partial charge in [-0.05, 0) is 39.4 Å². The number of unbranched alkanes of at least 4 members (excludes halogenated alkanes) is 42. The third kappa shape index (κ3) is 57.8. The molecule has 0 rings (SSSR count). The van der Waals surface area contributed by atoms with E-state index in [1.54, 1.807) is 0 Å². The molecule has 0 aliphatic heterocycles. The van der Waals surface area contributed by atoms with E-state index >= 15 is 0 Å². The van der Waals surface area contributed by atoms with Crippen LogP contribution in [-0.2, 0) is 4.79 Å². The Labute approximate surface area is 355 Å². The van der Waals surface area contributed by atoms with E-state index in [1.807, 2.05) is 0 Å². The fourth-order valence-electron chi connectivity index (χ4n) is 8.27. The molecule has 56 heavy (non-hydrogen) atoms. The summed E-state index contributed by atoms with van der Waals surface area (Å²) in [7, 11) is 2.34. The van der Waals surface area contributed by atoms with Crippen molar-refractivity contribution >= 4 is 5.97 Å². The molecule has 338 valence electrons. The van der Waals surface area contributed by atoms with Gasteiger partial charge in [0.1, 0.15) is 0 Å². The fourth-order valence-corrected chi connectivity index (χ4v) is 8.27. The molecule has 0 heterocycles. The minimum atomic E-state index is -0.655. The van der Waals surface area contributed by atoms with Gasteiger partial charge in [-0.2, -0.15) is 0 Å². The van der Waals surface area contributed by atoms with Crippen LogP contribution in [0.1, 0.15) is 316 Å². The number of carboxylic acids is 1. The van der Waals surface area contributed by atoms with Crippen molar-refractivity contribution in [3.63, 3.8) is 0 Å². The van der Waals surface area contributed by atoms with E-state index in [-0.39, 0.29) is 0 Å². The average Bonchev–Trinajstić information content (AvgIpc) is 3.19. The molecule has 0 aliphatic carbocycles. The number of carboxylic acid groups (broad SMARTS) is 1. The Morgan fingerprint density at radius 2 is 0.446 bits per heavy atom. The fraction of sp³-hybridized carbons (Fsp3) is 0.981. The van der Waals surface area contributed by atoms with Crippen LogP contribution >= 0.6 is 0 Å². The van der Waals surface area contributed by atoms with Crippen molar-refractivity contribution < 1.29 is 9.90 Å². The zero-order chi connectivity index (χ0) is 41.1. The van der Waals surface area contributed by atoms with Gasteiger partial charge >= 0.3 is 5.97 Å². The molecule has 0 saturated carbocycles. The molecule has 0 atom stereocenters. The lowest BCUT2D eigenvalue weighted by Gasteiger charge is -2.16. The van der Waals surface area contributed by atoms with Gasteiger partial charge < -0.3 is 10.0 Å². The van der Waals surface area contributed by atoms with Crippen LogP contribution in [0.5, 0.6) is 0 Å². The molecular weight excluding hydrogens is 683 g/mol. The van der Waals surface area contributed by atoms with Gasteiger partial charge in [-0.25, -0.2) is 0 Å². The van der Waals surface area contributed by atoms with Crippen LogP contribution in [0.4, 0.5) is 0 Å². The number of hydrogen-bond acceptors (Lipinski definition) is 2. The summed E-state index contributed by atoms with van der Waals surface area (Å²) >= 11 is 0. The van der Waals surface area contributed by atoms with Crippen LogP contribution in [-0.4, -0.2) is 36.1 Å². The predicted molar refractivity (Wildman–Crippen MR) is 255 cm³/mol. The summed E-state index contributed by atoms with van der Waals surface area (Å²) in [5.41, 5.74) is 0. The maximum atomic E-state index is 10.3. The van der Waals surface area contributed by atoms with Gasteiger partial charge in [-0.1, -0.05) is 290 Å². The van der Waals surface area contributed by atoms with Gasteiger partial charge in [-0.15, -0.1) is 0 Å². The summed E-state index contributed by atoms with van der Waals surface area (Å²) in [5, 5.41) is 8.49. The van der Waals surface area contributed by atoms with Crippen molar-refractivity contribution in [2.75, 3.05) is 20.1 Å². The Morgan fingerprint density at radius 3 is 0.625 bits per heavy atom. The molecule has 0 fully saturated rings. The first-order valence-corrected chi connectivity index (χ1v) is 26.5. The molecule has 0 aliphatic rings. The van der Waals surface area contributed by atoms with Crippen LogP contribution in [0.2, 0.25) is 0 Å². The lowest BCUT2D eigenvalue weighted by molar-refractivity contribution is -0.137. The van der Waals surface area contributed by atoms with Gasteiger partial charge in [0.25, 0.3) is 0 Å². The summed E-state index contributed by atoms with van der Waals surface area (Å²) in [4.78, 5) is 12.9. The zero-order valence-corrected chi connectivity index (χ0v) is 39.7. The second-order valence-corrected chi connectivity index (χ2v) is 18.3. The molecule has 0 bridgehead atoms. The minimum Gasteiger partial charge on any atom is -0.481 e. The highest BCUT2D eigenvalue weighted by Gasteiger charge is 2.01. The lowest BCUT2D eigenvalue weighted by atomic mass is 10.0. The normalized spacial score (nSPS) is 11.4. The first-order chi connectivity index (χ1) is 27.6. The Balaban J connectivity index is 0. The van der Waals surface area contributed by atoms with E-state index in [2.05, 4.69) is 32.7 Å². The molecule has 0 amide bonds. The number of aliphatic carboxylic acids is 1. The van der Waals surface area contributed by atoms with Gasteiger partial charge in [0, 0.05) is 6.42 Å². The Hall–Kier alpha value is -0.570. The van der Waals surface area contributed by atoms with E-state index in [0.717, 1.165) is 12.8 Å². The molecule has 0 aromatic heterocycles. The Kier molecular flexibility index (Phi) is 55.9. The summed E-state index contributed by atoms with van der Waals surface area (Å²) in [5.74, 6) is -0.655. The zero-order valence-electron chi connectivity index (χ0n) is 39.7. The predicted octanol–water partition coefficient (Wildman–Crippen LogP) is 19.0. The monoisotopic (exact) mass is 792 g/mol. The molecule has 0 unspecified atom stereocenters. The summed E-state index contributed by atoms with van der Waals surface area (Å²) in [6, 6.07) is 0. The summed E-state index contributed by atoms with van der Waals surface area (Å²) in [6.45, 7) is 9.51. The SMILES string of the molecule is CCCCCCCCCCCCCCCC(=O)O.CCCCCCCCCCCCCCCCCCN(C)CCCCCCCCCCCCCCCCCC. The van der Waals surface area contributed by atoms with Crippen molar-refractivity contribution in [1.29, 1.82) is 0 Å². The standard InChI is InChI=1S/C37H77N.C16H32O2/c1-4-6-8-10-12-14-16-18-20-22-24-26-28-30-32-34-36-38(3)37-35-33-31-29-27-25-23-21-19-17-15-13-11-9-7-5-2;1-2-3-4-5-6-7-8-9-10-11-12-13-14-15-16(17)18/h4-37H2,1-3H3;2-15H2,1H3,(H,17,18). The second kappa shape index (κ2) is 54.4. The van der Waals surface area contributed by atoms with Crippen molar-refractivity contribution in [1.82, 2.24) is 4.90 Å². The van der Waals surface area contributed by atoms with E-state index in [4.69, 9.17) is 5.11 Å². The van der Waals surface area contributed by atoms with Crippen molar-refractivity contribution in [3.05, 3.63) is 0 Å². The Bertz CT molecular complexity index is 645. The Morgan fingerprint density at radius 1 is 0.286 bits per heavy atom. The van der Waals surface area contributed by atoms with Crippen LogP contribution < -0.4 is 0 Å². The first kappa shape index (κ1) is 57.5. The second-order valence-electron chi connectivity index (χ2n) is 18.3. The highest BCUT2D eigenvalue weighted by Crippen LogP contribution is 2.16. The molecule has 0 aromatic carbocycles. The lowest BCUT2D eigenvalue weighted by Crippen LogP contribution is -2.20. The summed E-state index contributed by atoms with van der Waals surface area (Å²) in [6.07, 6.45) is 64.1. The summed E-state index contributed by atoms with van der Waals surface area (Å²) < 4.78 is 0. The molecule has 0 radical (unpaired) electrons. The highest BCUT2D eigenvalue weighted by atomic mass is 16.4. The van der Waals surface area contributed by atoms with Crippen molar-refractivity contribution in [3.8, 4) is 0 Å². The van der Waals surface area contributed by atoms with Gasteiger partial charge in [0.05, 0.1) is 0 Å². The number of hydrogen-bond donors (Lipinski definition) is 1. The van der Waals surface area contributed by atoms with E-state index in [9.17, 15) is 4.79 Å². The van der Waals surface area contributed by atoms with E-state index in [0.29, 0.717) is 6.42 Å². The molecule has 0 aromatic rings. The number of rotatable bonds is 48. The van der Waals surface area contributed by atoms with Gasteiger partial charge in [-0.3, -0.25) is 4.79 Å². The van der Waals surface area contributed by atoms with Crippen LogP contribution in [0, 0.1) is 0 Å². The maximum absolute atomic E-state index is 10.3.